The molecule has 1 amide bonds. The molecule has 4 aromatic rings. The van der Waals surface area contributed by atoms with Crippen LogP contribution in [-0.2, 0) is 6.18 Å². The van der Waals surface area contributed by atoms with Gasteiger partial charge in [-0.05, 0) is 54.5 Å². The number of carbonyl (C=O) groups excluding carboxylic acids is 1. The van der Waals surface area contributed by atoms with Crippen LogP contribution in [0.25, 0.3) is 27.9 Å². The number of hydrogen-bond acceptors (Lipinski definition) is 6. The molecule has 1 atom stereocenters. The van der Waals surface area contributed by atoms with Gasteiger partial charge in [-0.2, -0.15) is 13.2 Å². The van der Waals surface area contributed by atoms with Crippen molar-refractivity contribution in [3.63, 3.8) is 0 Å². The third kappa shape index (κ3) is 4.60. The van der Waals surface area contributed by atoms with Crippen LogP contribution < -0.4 is 10.5 Å². The number of amides is 1. The fourth-order valence-corrected chi connectivity index (χ4v) is 4.34. The molecule has 2 N–H and O–H groups in total. The molecule has 0 spiro atoms. The molecule has 196 valence electrons. The number of halogens is 4. The number of hydrogen-bond donors (Lipinski definition) is 1. The van der Waals surface area contributed by atoms with Crippen molar-refractivity contribution in [1.82, 2.24) is 14.9 Å². The molecule has 0 fully saturated rings. The lowest BCUT2D eigenvalue weighted by Crippen LogP contribution is -2.30. The van der Waals surface area contributed by atoms with Crippen LogP contribution in [0.15, 0.2) is 59.0 Å². The van der Waals surface area contributed by atoms with Crippen LogP contribution in [-0.4, -0.2) is 41.0 Å². The van der Waals surface area contributed by atoms with Gasteiger partial charge in [0.1, 0.15) is 22.8 Å². The van der Waals surface area contributed by atoms with E-state index in [-0.39, 0.29) is 41.0 Å². The first-order valence-electron chi connectivity index (χ1n) is 11.6. The van der Waals surface area contributed by atoms with Gasteiger partial charge >= 0.3 is 6.18 Å². The predicted octanol–water partition coefficient (Wildman–Crippen LogP) is 5.62. The summed E-state index contributed by atoms with van der Waals surface area (Å²) >= 11 is 0. The van der Waals surface area contributed by atoms with Gasteiger partial charge in [-0.3, -0.25) is 4.79 Å². The van der Waals surface area contributed by atoms with Gasteiger partial charge in [0.2, 0.25) is 5.89 Å². The Morgan fingerprint density at radius 3 is 2.50 bits per heavy atom. The van der Waals surface area contributed by atoms with Crippen LogP contribution in [0.1, 0.15) is 40.5 Å². The van der Waals surface area contributed by atoms with Crippen molar-refractivity contribution in [2.24, 2.45) is 5.73 Å². The van der Waals surface area contributed by atoms with E-state index in [0.717, 1.165) is 17.2 Å². The van der Waals surface area contributed by atoms with Gasteiger partial charge in [-0.1, -0.05) is 18.2 Å². The second-order valence-corrected chi connectivity index (χ2v) is 8.85. The Balaban J connectivity index is 1.51. The monoisotopic (exact) mass is 526 g/mol. The summed E-state index contributed by atoms with van der Waals surface area (Å²) < 4.78 is 64.3. The molecule has 7 nitrogen and oxygen atoms in total. The number of fused-ring (bicyclic) bond motifs is 1. The van der Waals surface area contributed by atoms with Crippen LogP contribution in [0, 0.1) is 5.82 Å². The van der Waals surface area contributed by atoms with E-state index in [4.69, 9.17) is 14.9 Å². The third-order valence-corrected chi connectivity index (χ3v) is 6.25. The predicted molar refractivity (Wildman–Crippen MR) is 132 cm³/mol. The number of methoxy groups -OCH3 is 1. The zero-order valence-corrected chi connectivity index (χ0v) is 20.3. The summed E-state index contributed by atoms with van der Waals surface area (Å²) in [5, 5.41) is 0.301. The van der Waals surface area contributed by atoms with Gasteiger partial charge < -0.3 is 19.8 Å². The van der Waals surface area contributed by atoms with E-state index in [1.165, 1.54) is 31.4 Å². The normalized spacial score (nSPS) is 14.6. The van der Waals surface area contributed by atoms with Crippen molar-refractivity contribution in [2.45, 2.75) is 19.1 Å². The zero-order valence-electron chi connectivity index (χ0n) is 20.3. The van der Waals surface area contributed by atoms with Crippen molar-refractivity contribution in [1.29, 1.82) is 0 Å². The van der Waals surface area contributed by atoms with E-state index >= 15 is 0 Å². The van der Waals surface area contributed by atoms with Gasteiger partial charge in [0.15, 0.2) is 11.5 Å². The summed E-state index contributed by atoms with van der Waals surface area (Å²) in [6, 6.07) is 10.5. The van der Waals surface area contributed by atoms with Crippen LogP contribution in [0.2, 0.25) is 0 Å². The Morgan fingerprint density at radius 1 is 1.11 bits per heavy atom. The molecule has 2 aromatic carbocycles. The molecule has 0 radical (unpaired) electrons. The fraction of sp³-hybridized carbons (Fsp3) is 0.222. The van der Waals surface area contributed by atoms with Crippen LogP contribution in [0.4, 0.5) is 17.6 Å². The number of aromatic nitrogens is 2. The number of nitrogens with two attached hydrogens (primary N) is 1. The third-order valence-electron chi connectivity index (χ3n) is 6.25. The number of benzene rings is 2. The highest BCUT2D eigenvalue weighted by atomic mass is 19.4. The molecule has 0 saturated heterocycles. The molecular weight excluding hydrogens is 504 g/mol. The molecule has 0 bridgehead atoms. The van der Waals surface area contributed by atoms with Gasteiger partial charge in [-0.25, -0.2) is 14.4 Å². The molecule has 11 heteroatoms. The molecular formula is C27H22F4N4O3. The van der Waals surface area contributed by atoms with E-state index in [1.807, 2.05) is 6.08 Å². The minimum Gasteiger partial charge on any atom is -0.494 e. The van der Waals surface area contributed by atoms with Crippen LogP contribution in [0.3, 0.4) is 0 Å². The van der Waals surface area contributed by atoms with Crippen LogP contribution >= 0.6 is 0 Å². The summed E-state index contributed by atoms with van der Waals surface area (Å²) in [5.41, 5.74) is 6.98. The summed E-state index contributed by atoms with van der Waals surface area (Å²) in [6.07, 6.45) is -2.77. The fourth-order valence-electron chi connectivity index (χ4n) is 4.34. The molecule has 3 heterocycles. The van der Waals surface area contributed by atoms with Crippen molar-refractivity contribution in [2.75, 3.05) is 20.2 Å². The maximum absolute atomic E-state index is 13.5. The Kier molecular flexibility index (Phi) is 6.39. The van der Waals surface area contributed by atoms with Crippen molar-refractivity contribution < 1.29 is 31.5 Å². The molecule has 1 aliphatic heterocycles. The number of rotatable bonds is 5. The Bertz CT molecular complexity index is 1560. The number of carbonyl (C=O) groups is 1. The Labute approximate surface area is 214 Å². The molecule has 0 unspecified atom stereocenters. The number of ether oxygens (including phenoxy) is 1. The smallest absolute Gasteiger partial charge is 0.433 e. The topological polar surface area (TPSA) is 94.5 Å². The Hall–Kier alpha value is -4.25. The summed E-state index contributed by atoms with van der Waals surface area (Å²) in [4.78, 5) is 23.2. The highest BCUT2D eigenvalue weighted by Gasteiger charge is 2.34. The minimum absolute atomic E-state index is 0.00703. The standard InChI is InChI=1S/C27H22F4N4O3/c1-14(32)24-23(26(36)35-12-11-16(13-35)15-3-5-17(28)6-4-15)34-25(38-24)19-7-9-20(37-2)22-18(19)8-10-21(33-22)27(29,30)31/h3-11,14H,12-13,32H2,1-2H3/t14-/m0/s1. The van der Waals surface area contributed by atoms with Gasteiger partial charge in [0.05, 0.1) is 13.2 Å². The molecule has 1 aliphatic rings. The minimum atomic E-state index is -4.64. The average molecular weight is 526 g/mol. The molecule has 0 saturated carbocycles. The maximum Gasteiger partial charge on any atom is 0.433 e. The van der Waals surface area contributed by atoms with Crippen molar-refractivity contribution in [3.8, 4) is 17.2 Å². The van der Waals surface area contributed by atoms with Crippen molar-refractivity contribution >= 4 is 22.4 Å². The van der Waals surface area contributed by atoms with E-state index < -0.39 is 23.8 Å². The van der Waals surface area contributed by atoms with Gasteiger partial charge in [0, 0.05) is 24.0 Å². The summed E-state index contributed by atoms with van der Waals surface area (Å²) in [5.74, 6) is -0.477. The zero-order chi connectivity index (χ0) is 27.2. The lowest BCUT2D eigenvalue weighted by molar-refractivity contribution is -0.140. The maximum atomic E-state index is 13.5. The quantitative estimate of drug-likeness (QED) is 0.340. The first kappa shape index (κ1) is 25.4. The van der Waals surface area contributed by atoms with E-state index in [1.54, 1.807) is 30.0 Å². The summed E-state index contributed by atoms with van der Waals surface area (Å²) in [6.45, 7) is 2.22. The van der Waals surface area contributed by atoms with E-state index in [9.17, 15) is 22.4 Å². The molecule has 5 rings (SSSR count). The number of alkyl halides is 3. The van der Waals surface area contributed by atoms with E-state index in [0.29, 0.717) is 17.5 Å². The lowest BCUT2D eigenvalue weighted by atomic mass is 10.1. The lowest BCUT2D eigenvalue weighted by Gasteiger charge is -2.16. The van der Waals surface area contributed by atoms with Crippen LogP contribution in [0.5, 0.6) is 5.75 Å². The van der Waals surface area contributed by atoms with E-state index in [2.05, 4.69) is 9.97 Å². The Morgan fingerprint density at radius 2 is 1.84 bits per heavy atom. The van der Waals surface area contributed by atoms with Gasteiger partial charge in [0.25, 0.3) is 5.91 Å². The molecule has 2 aromatic heterocycles. The molecule has 38 heavy (non-hydrogen) atoms. The number of pyridine rings is 1. The largest absolute Gasteiger partial charge is 0.494 e. The first-order chi connectivity index (χ1) is 18.1. The second-order valence-electron chi connectivity index (χ2n) is 8.85. The highest BCUT2D eigenvalue weighted by Crippen LogP contribution is 2.37. The first-order valence-corrected chi connectivity index (χ1v) is 11.6. The number of oxazole rings is 1. The SMILES string of the molecule is COc1ccc(-c2nc(C(=O)N3CC=C(c4ccc(F)cc4)C3)c([C@H](C)N)o2)c2ccc(C(F)(F)F)nc12. The second kappa shape index (κ2) is 9.56. The summed E-state index contributed by atoms with van der Waals surface area (Å²) in [7, 11) is 1.33. The van der Waals surface area contributed by atoms with Crippen molar-refractivity contribution in [3.05, 3.63) is 83.1 Å². The van der Waals surface area contributed by atoms with Gasteiger partial charge in [-0.15, -0.1) is 0 Å². The molecule has 0 aliphatic carbocycles. The highest BCUT2D eigenvalue weighted by molar-refractivity contribution is 5.99. The average Bonchev–Trinajstić information content (AvgIpc) is 3.56. The number of nitrogens with zero attached hydrogens (tertiary/aromatic N) is 3.